The van der Waals surface area contributed by atoms with Crippen molar-refractivity contribution in [1.82, 2.24) is 0 Å². The first-order chi connectivity index (χ1) is 8.16. The SMILES string of the molecule is C[C@H](O)[C@@H](O)[C@@]1(O)OC(=O)CC(=O)O[C@@]1(O)C=O. The van der Waals surface area contributed by atoms with Gasteiger partial charge in [-0.15, -0.1) is 0 Å². The van der Waals surface area contributed by atoms with Gasteiger partial charge in [0.15, 0.2) is 12.4 Å². The predicted molar refractivity (Wildman–Crippen MR) is 50.5 cm³/mol. The van der Waals surface area contributed by atoms with Crippen molar-refractivity contribution in [2.24, 2.45) is 0 Å². The fraction of sp³-hybridized carbons (Fsp3) is 0.667. The smallest absolute Gasteiger partial charge is 0.337 e. The summed E-state index contributed by atoms with van der Waals surface area (Å²) >= 11 is 0. The number of ether oxygens (including phenoxy) is 2. The molecule has 0 spiro atoms. The lowest BCUT2D eigenvalue weighted by atomic mass is 9.97. The highest BCUT2D eigenvalue weighted by atomic mass is 16.8. The summed E-state index contributed by atoms with van der Waals surface area (Å²) in [7, 11) is 0. The van der Waals surface area contributed by atoms with Gasteiger partial charge < -0.3 is 29.9 Å². The Bertz CT molecular complexity index is 378. The van der Waals surface area contributed by atoms with E-state index < -0.39 is 48.4 Å². The molecule has 4 atom stereocenters. The molecule has 0 aromatic carbocycles. The quantitative estimate of drug-likeness (QED) is 0.234. The summed E-state index contributed by atoms with van der Waals surface area (Å²) in [5.74, 6) is -9.28. The Labute approximate surface area is 101 Å². The van der Waals surface area contributed by atoms with Crippen LogP contribution in [0.15, 0.2) is 0 Å². The minimum Gasteiger partial charge on any atom is -0.422 e. The molecule has 9 heteroatoms. The zero-order valence-corrected chi connectivity index (χ0v) is 9.27. The van der Waals surface area contributed by atoms with E-state index in [-0.39, 0.29) is 0 Å². The maximum atomic E-state index is 11.1. The number of aliphatic hydroxyl groups excluding tert-OH is 2. The maximum Gasteiger partial charge on any atom is 0.337 e. The molecule has 18 heavy (non-hydrogen) atoms. The lowest BCUT2D eigenvalue weighted by molar-refractivity contribution is -0.366. The van der Waals surface area contributed by atoms with Crippen molar-refractivity contribution >= 4 is 18.2 Å². The highest BCUT2D eigenvalue weighted by Crippen LogP contribution is 2.32. The van der Waals surface area contributed by atoms with Crippen molar-refractivity contribution in [3.05, 3.63) is 0 Å². The van der Waals surface area contributed by atoms with E-state index in [1.165, 1.54) is 0 Å². The van der Waals surface area contributed by atoms with Gasteiger partial charge in [0.05, 0.1) is 6.10 Å². The van der Waals surface area contributed by atoms with Crippen LogP contribution in [0.5, 0.6) is 0 Å². The largest absolute Gasteiger partial charge is 0.422 e. The molecule has 0 unspecified atom stereocenters. The fourth-order valence-corrected chi connectivity index (χ4v) is 1.39. The molecule has 0 radical (unpaired) electrons. The Morgan fingerprint density at radius 3 is 2.17 bits per heavy atom. The molecule has 0 aliphatic carbocycles. The van der Waals surface area contributed by atoms with Crippen molar-refractivity contribution in [2.45, 2.75) is 37.1 Å². The lowest BCUT2D eigenvalue weighted by Gasteiger charge is -2.39. The Hall–Kier alpha value is -1.55. The molecule has 102 valence electrons. The molecule has 0 amide bonds. The van der Waals surface area contributed by atoms with Crippen molar-refractivity contribution < 1.29 is 44.3 Å². The second-order valence-corrected chi connectivity index (χ2v) is 3.82. The van der Waals surface area contributed by atoms with E-state index in [9.17, 15) is 29.7 Å². The van der Waals surface area contributed by atoms with Crippen LogP contribution >= 0.6 is 0 Å². The lowest BCUT2D eigenvalue weighted by Crippen LogP contribution is -2.67. The Morgan fingerprint density at radius 2 is 1.72 bits per heavy atom. The molecular formula is C9H12O9. The van der Waals surface area contributed by atoms with Gasteiger partial charge in [0.25, 0.3) is 0 Å². The summed E-state index contributed by atoms with van der Waals surface area (Å²) in [6.45, 7) is 0.994. The molecule has 0 aromatic heterocycles. The van der Waals surface area contributed by atoms with Crippen LogP contribution in [0.25, 0.3) is 0 Å². The Balaban J connectivity index is 3.28. The van der Waals surface area contributed by atoms with Gasteiger partial charge in [0.1, 0.15) is 6.42 Å². The van der Waals surface area contributed by atoms with Gasteiger partial charge in [-0.25, -0.2) is 0 Å². The molecular weight excluding hydrogens is 252 g/mol. The van der Waals surface area contributed by atoms with Crippen LogP contribution in [0, 0.1) is 0 Å². The maximum absolute atomic E-state index is 11.1. The van der Waals surface area contributed by atoms with E-state index in [2.05, 4.69) is 9.47 Å². The van der Waals surface area contributed by atoms with Gasteiger partial charge in [-0.1, -0.05) is 0 Å². The third kappa shape index (κ3) is 2.20. The van der Waals surface area contributed by atoms with Crippen LogP contribution in [-0.4, -0.2) is 62.4 Å². The Morgan fingerprint density at radius 1 is 1.22 bits per heavy atom. The van der Waals surface area contributed by atoms with Crippen LogP contribution in [0.1, 0.15) is 13.3 Å². The Kier molecular flexibility index (Phi) is 3.72. The molecule has 4 N–H and O–H groups in total. The summed E-state index contributed by atoms with van der Waals surface area (Å²) < 4.78 is 8.47. The topological polar surface area (TPSA) is 151 Å². The number of aliphatic hydroxyl groups is 4. The normalized spacial score (nSPS) is 36.1. The van der Waals surface area contributed by atoms with E-state index in [4.69, 9.17) is 5.11 Å². The average Bonchev–Trinajstić information content (AvgIpc) is 2.34. The van der Waals surface area contributed by atoms with Gasteiger partial charge in [-0.3, -0.25) is 14.4 Å². The molecule has 1 aliphatic heterocycles. The van der Waals surface area contributed by atoms with Crippen LogP contribution < -0.4 is 0 Å². The summed E-state index contributed by atoms with van der Waals surface area (Å²) in [5, 5.41) is 38.2. The number of aldehydes is 1. The minimum absolute atomic E-state index is 0.422. The first kappa shape index (κ1) is 14.5. The van der Waals surface area contributed by atoms with Crippen molar-refractivity contribution in [3.63, 3.8) is 0 Å². The van der Waals surface area contributed by atoms with Gasteiger partial charge in [0, 0.05) is 0 Å². The molecule has 1 saturated heterocycles. The second kappa shape index (κ2) is 4.61. The molecule has 1 fully saturated rings. The molecule has 1 heterocycles. The highest BCUT2D eigenvalue weighted by molar-refractivity contribution is 5.93. The third-order valence-corrected chi connectivity index (χ3v) is 2.36. The number of carbonyl (C=O) groups is 3. The number of hydrogen-bond acceptors (Lipinski definition) is 9. The number of cyclic esters (lactones) is 2. The third-order valence-electron chi connectivity index (χ3n) is 2.36. The number of rotatable bonds is 3. The molecule has 1 aliphatic rings. The monoisotopic (exact) mass is 264 g/mol. The van der Waals surface area contributed by atoms with Crippen molar-refractivity contribution in [3.8, 4) is 0 Å². The van der Waals surface area contributed by atoms with Crippen LogP contribution in [-0.2, 0) is 23.9 Å². The summed E-state index contributed by atoms with van der Waals surface area (Å²) in [6, 6.07) is 0. The summed E-state index contributed by atoms with van der Waals surface area (Å²) in [4.78, 5) is 32.9. The first-order valence-electron chi connectivity index (χ1n) is 4.87. The predicted octanol–water partition coefficient (Wildman–Crippen LogP) is -3.21. The van der Waals surface area contributed by atoms with Gasteiger partial charge in [0.2, 0.25) is 0 Å². The molecule has 1 rings (SSSR count). The van der Waals surface area contributed by atoms with E-state index in [0.29, 0.717) is 0 Å². The van der Waals surface area contributed by atoms with Crippen molar-refractivity contribution in [1.29, 1.82) is 0 Å². The average molecular weight is 264 g/mol. The van der Waals surface area contributed by atoms with Gasteiger partial charge >= 0.3 is 23.5 Å². The number of carbonyl (C=O) groups excluding carboxylic acids is 3. The zero-order valence-electron chi connectivity index (χ0n) is 9.27. The molecule has 0 aromatic rings. The summed E-state index contributed by atoms with van der Waals surface area (Å²) in [5.41, 5.74) is 0. The first-order valence-corrected chi connectivity index (χ1v) is 4.87. The van der Waals surface area contributed by atoms with E-state index in [1.54, 1.807) is 0 Å². The minimum atomic E-state index is -3.31. The van der Waals surface area contributed by atoms with Crippen molar-refractivity contribution in [2.75, 3.05) is 0 Å². The van der Waals surface area contributed by atoms with Gasteiger partial charge in [-0.2, -0.15) is 0 Å². The number of hydrogen-bond donors (Lipinski definition) is 4. The second-order valence-electron chi connectivity index (χ2n) is 3.82. The fourth-order valence-electron chi connectivity index (χ4n) is 1.39. The van der Waals surface area contributed by atoms with E-state index >= 15 is 0 Å². The molecule has 0 bridgehead atoms. The highest BCUT2D eigenvalue weighted by Gasteiger charge is 2.64. The number of esters is 2. The standard InChI is InChI=1S/C9H12O9/c1-4(11)7(14)9(16)8(15,3-10)17-5(12)2-6(13)18-9/h3-4,7,11,14-16H,2H2,1H3/t4-,7+,8-,9+/m0/s1. The van der Waals surface area contributed by atoms with Gasteiger partial charge in [-0.05, 0) is 6.92 Å². The van der Waals surface area contributed by atoms with Crippen LogP contribution in [0.4, 0.5) is 0 Å². The van der Waals surface area contributed by atoms with Crippen LogP contribution in [0.3, 0.4) is 0 Å². The molecule has 0 saturated carbocycles. The van der Waals surface area contributed by atoms with Crippen LogP contribution in [0.2, 0.25) is 0 Å². The van der Waals surface area contributed by atoms with E-state index in [1.807, 2.05) is 0 Å². The molecule has 9 nitrogen and oxygen atoms in total. The van der Waals surface area contributed by atoms with E-state index in [0.717, 1.165) is 6.92 Å². The summed E-state index contributed by atoms with van der Waals surface area (Å²) in [6.07, 6.45) is -5.35. The zero-order chi connectivity index (χ0) is 14.1.